The molecule has 1 aromatic carbocycles. The molecular weight excluding hydrogens is 410 g/mol. The third-order valence-electron chi connectivity index (χ3n) is 4.19. The number of benzene rings is 1. The highest BCUT2D eigenvalue weighted by Gasteiger charge is 2.14. The van der Waals surface area contributed by atoms with Crippen LogP contribution >= 0.6 is 15.9 Å². The van der Waals surface area contributed by atoms with E-state index in [0.29, 0.717) is 24.0 Å². The van der Waals surface area contributed by atoms with E-state index in [-0.39, 0.29) is 5.56 Å². The van der Waals surface area contributed by atoms with Gasteiger partial charge in [-0.25, -0.2) is 4.98 Å². The van der Waals surface area contributed by atoms with Crippen LogP contribution in [0.1, 0.15) is 19.0 Å². The van der Waals surface area contributed by atoms with Gasteiger partial charge in [0.15, 0.2) is 0 Å². The van der Waals surface area contributed by atoms with E-state index in [9.17, 15) is 4.79 Å². The highest BCUT2D eigenvalue weighted by molar-refractivity contribution is 9.10. The maximum Gasteiger partial charge on any atom is 0.272 e. The topological polar surface area (TPSA) is 86.7 Å². The van der Waals surface area contributed by atoms with Gasteiger partial charge in [0, 0.05) is 29.0 Å². The van der Waals surface area contributed by atoms with E-state index in [0.717, 1.165) is 33.1 Å². The number of aryl methyl sites for hydroxylation is 2. The van der Waals surface area contributed by atoms with Crippen LogP contribution in [-0.2, 0) is 6.54 Å². The summed E-state index contributed by atoms with van der Waals surface area (Å²) < 4.78 is 7.97. The Morgan fingerprint density at radius 2 is 2.00 bits per heavy atom. The Kier molecular flexibility index (Phi) is 4.57. The fourth-order valence-electron chi connectivity index (χ4n) is 2.95. The summed E-state index contributed by atoms with van der Waals surface area (Å²) in [7, 11) is 0. The van der Waals surface area contributed by atoms with Crippen LogP contribution in [0.5, 0.6) is 0 Å². The highest BCUT2D eigenvalue weighted by atomic mass is 79.9. The molecule has 3 aromatic heterocycles. The molecular formula is C19H16BrN5O2. The number of hydrogen-bond acceptors (Lipinski definition) is 6. The van der Waals surface area contributed by atoms with Crippen molar-refractivity contribution in [3.63, 3.8) is 0 Å². The first-order chi connectivity index (χ1) is 13.1. The maximum absolute atomic E-state index is 12.4. The lowest BCUT2D eigenvalue weighted by atomic mass is 10.1. The van der Waals surface area contributed by atoms with Crippen LogP contribution < -0.4 is 5.56 Å². The second-order valence-corrected chi connectivity index (χ2v) is 7.09. The molecule has 0 N–H and O–H groups in total. The van der Waals surface area contributed by atoms with Crippen molar-refractivity contribution in [2.24, 2.45) is 0 Å². The standard InChI is InChI=1S/C19H16BrN5O2/c1-3-6-25-16-5-4-12(8-15(16)22-11(2)19(25)26)17-23-18(27-24-17)13-7-14(20)10-21-9-13/h4-5,7-10H,3,6H2,1-2H3. The van der Waals surface area contributed by atoms with Crippen LogP contribution in [0, 0.1) is 6.92 Å². The average molecular weight is 426 g/mol. The summed E-state index contributed by atoms with van der Waals surface area (Å²) in [5.41, 5.74) is 3.46. The van der Waals surface area contributed by atoms with Crippen molar-refractivity contribution in [2.75, 3.05) is 0 Å². The summed E-state index contributed by atoms with van der Waals surface area (Å²) >= 11 is 3.38. The van der Waals surface area contributed by atoms with Crippen LogP contribution in [0.4, 0.5) is 0 Å². The fourth-order valence-corrected chi connectivity index (χ4v) is 3.31. The largest absolute Gasteiger partial charge is 0.334 e. The first-order valence-corrected chi connectivity index (χ1v) is 9.32. The zero-order chi connectivity index (χ0) is 19.0. The van der Waals surface area contributed by atoms with Crippen LogP contribution in [0.25, 0.3) is 33.9 Å². The van der Waals surface area contributed by atoms with E-state index < -0.39 is 0 Å². The summed E-state index contributed by atoms with van der Waals surface area (Å²) in [6, 6.07) is 7.49. The van der Waals surface area contributed by atoms with E-state index in [4.69, 9.17) is 4.52 Å². The monoisotopic (exact) mass is 425 g/mol. The lowest BCUT2D eigenvalue weighted by Crippen LogP contribution is -2.24. The normalized spacial score (nSPS) is 11.2. The van der Waals surface area contributed by atoms with Crippen LogP contribution in [0.2, 0.25) is 0 Å². The van der Waals surface area contributed by atoms with E-state index in [1.165, 1.54) is 0 Å². The van der Waals surface area contributed by atoms with Crippen molar-refractivity contribution in [1.82, 2.24) is 24.7 Å². The van der Waals surface area contributed by atoms with E-state index >= 15 is 0 Å². The third kappa shape index (κ3) is 3.28. The Balaban J connectivity index is 1.79. The number of nitrogens with zero attached hydrogens (tertiary/aromatic N) is 5. The number of halogens is 1. The lowest BCUT2D eigenvalue weighted by Gasteiger charge is -2.10. The molecule has 0 aliphatic heterocycles. The van der Waals surface area contributed by atoms with Gasteiger partial charge in [0.2, 0.25) is 5.82 Å². The Morgan fingerprint density at radius 3 is 2.78 bits per heavy atom. The highest BCUT2D eigenvalue weighted by Crippen LogP contribution is 2.25. The van der Waals surface area contributed by atoms with Gasteiger partial charge in [0.25, 0.3) is 11.4 Å². The van der Waals surface area contributed by atoms with Crippen LogP contribution in [0.15, 0.2) is 50.4 Å². The average Bonchev–Trinajstić information content (AvgIpc) is 3.15. The SMILES string of the molecule is CCCn1c(=O)c(C)nc2cc(-c3noc(-c4cncc(Br)c4)n3)ccc21. The fraction of sp³-hybridized carbons (Fsp3) is 0.211. The van der Waals surface area contributed by atoms with Gasteiger partial charge in [-0.3, -0.25) is 9.78 Å². The van der Waals surface area contributed by atoms with Gasteiger partial charge in [-0.05, 0) is 53.5 Å². The molecule has 0 unspecified atom stereocenters. The smallest absolute Gasteiger partial charge is 0.272 e. The van der Waals surface area contributed by atoms with Gasteiger partial charge in [0.05, 0.1) is 16.6 Å². The predicted octanol–water partition coefficient (Wildman–Crippen LogP) is 3.99. The quantitative estimate of drug-likeness (QED) is 0.491. The van der Waals surface area contributed by atoms with Gasteiger partial charge < -0.3 is 9.09 Å². The second-order valence-electron chi connectivity index (χ2n) is 6.17. The Labute approximate surface area is 163 Å². The Hall–Kier alpha value is -2.87. The van der Waals surface area contributed by atoms with Gasteiger partial charge >= 0.3 is 0 Å². The van der Waals surface area contributed by atoms with Crippen LogP contribution in [0.3, 0.4) is 0 Å². The molecule has 8 heteroatoms. The summed E-state index contributed by atoms with van der Waals surface area (Å²) in [5, 5.41) is 4.07. The van der Waals surface area contributed by atoms with Gasteiger partial charge in [0.1, 0.15) is 5.69 Å². The molecule has 0 saturated carbocycles. The molecule has 0 aliphatic carbocycles. The summed E-state index contributed by atoms with van der Waals surface area (Å²) in [6.07, 6.45) is 4.22. The van der Waals surface area contributed by atoms with E-state index in [2.05, 4.69) is 36.0 Å². The molecule has 3 heterocycles. The Morgan fingerprint density at radius 1 is 1.15 bits per heavy atom. The summed E-state index contributed by atoms with van der Waals surface area (Å²) in [6.45, 7) is 4.42. The third-order valence-corrected chi connectivity index (χ3v) is 4.63. The van der Waals surface area contributed by atoms with Crippen molar-refractivity contribution >= 4 is 27.0 Å². The molecule has 7 nitrogen and oxygen atoms in total. The van der Waals surface area contributed by atoms with E-state index in [1.807, 2.05) is 31.2 Å². The number of fused-ring (bicyclic) bond motifs is 1. The van der Waals surface area contributed by atoms with E-state index in [1.54, 1.807) is 23.9 Å². The first kappa shape index (κ1) is 17.5. The molecule has 0 atom stereocenters. The first-order valence-electron chi connectivity index (χ1n) is 8.53. The second kappa shape index (κ2) is 7.03. The van der Waals surface area contributed by atoms with Crippen LogP contribution in [-0.4, -0.2) is 24.7 Å². The van der Waals surface area contributed by atoms with Crippen molar-refractivity contribution in [1.29, 1.82) is 0 Å². The molecule has 4 rings (SSSR count). The lowest BCUT2D eigenvalue weighted by molar-refractivity contribution is 0.432. The zero-order valence-electron chi connectivity index (χ0n) is 14.8. The molecule has 27 heavy (non-hydrogen) atoms. The van der Waals surface area contributed by atoms with Gasteiger partial charge in [-0.1, -0.05) is 12.1 Å². The molecule has 0 saturated heterocycles. The van der Waals surface area contributed by atoms with Gasteiger partial charge in [-0.15, -0.1) is 0 Å². The van der Waals surface area contributed by atoms with Crippen molar-refractivity contribution in [2.45, 2.75) is 26.8 Å². The van der Waals surface area contributed by atoms with Gasteiger partial charge in [-0.2, -0.15) is 4.98 Å². The molecule has 136 valence electrons. The molecule has 0 aliphatic rings. The van der Waals surface area contributed by atoms with Crippen molar-refractivity contribution in [3.05, 3.63) is 57.2 Å². The zero-order valence-corrected chi connectivity index (χ0v) is 16.4. The molecule has 0 spiro atoms. The minimum atomic E-state index is -0.0545. The number of hydrogen-bond donors (Lipinski definition) is 0. The number of rotatable bonds is 4. The maximum atomic E-state index is 12.4. The molecule has 0 bridgehead atoms. The molecule has 0 amide bonds. The van der Waals surface area contributed by atoms with Crippen molar-refractivity contribution in [3.8, 4) is 22.8 Å². The number of aromatic nitrogens is 5. The molecule has 4 aromatic rings. The minimum absolute atomic E-state index is 0.0545. The van der Waals surface area contributed by atoms with Crippen molar-refractivity contribution < 1.29 is 4.52 Å². The minimum Gasteiger partial charge on any atom is -0.334 e. The summed E-state index contributed by atoms with van der Waals surface area (Å²) in [5.74, 6) is 0.846. The predicted molar refractivity (Wildman–Crippen MR) is 105 cm³/mol. The Bertz CT molecular complexity index is 1200. The molecule has 0 fully saturated rings. The summed E-state index contributed by atoms with van der Waals surface area (Å²) in [4.78, 5) is 25.4. The molecule has 0 radical (unpaired) electrons. The number of pyridine rings is 1.